The summed E-state index contributed by atoms with van der Waals surface area (Å²) in [5.41, 5.74) is 4.74. The van der Waals surface area contributed by atoms with Gasteiger partial charge in [-0.3, -0.25) is 9.59 Å². The first-order chi connectivity index (χ1) is 13.9. The molecule has 3 aromatic carbocycles. The monoisotopic (exact) mass is 390 g/mol. The molecule has 0 aliphatic rings. The lowest BCUT2D eigenvalue weighted by Gasteiger charge is -2.10. The number of nitrogens with one attached hydrogen (secondary N) is 2. The minimum absolute atomic E-state index is 0.214. The Morgan fingerprint density at radius 2 is 1.45 bits per heavy atom. The number of anilines is 1. The number of hydrogen-bond donors (Lipinski definition) is 2. The lowest BCUT2D eigenvalue weighted by atomic mass is 10.1. The summed E-state index contributed by atoms with van der Waals surface area (Å²) in [6, 6.07) is 18.6. The molecule has 0 unspecified atom stereocenters. The summed E-state index contributed by atoms with van der Waals surface area (Å²) in [6.07, 6.45) is 0.613. The SMILES string of the molecule is Cc1ccc(C)c(NC(=O)c2ccc(C(=O)NCCc3ccc(F)cc3)cc2)c1. The van der Waals surface area contributed by atoms with Gasteiger partial charge in [-0.1, -0.05) is 24.3 Å². The molecule has 0 aromatic heterocycles. The summed E-state index contributed by atoms with van der Waals surface area (Å²) in [5.74, 6) is -0.713. The molecule has 5 heteroatoms. The maximum Gasteiger partial charge on any atom is 0.255 e. The van der Waals surface area contributed by atoms with Gasteiger partial charge >= 0.3 is 0 Å². The topological polar surface area (TPSA) is 58.2 Å². The van der Waals surface area contributed by atoms with E-state index in [9.17, 15) is 14.0 Å². The first-order valence-electron chi connectivity index (χ1n) is 9.44. The first-order valence-corrected chi connectivity index (χ1v) is 9.44. The first kappa shape index (κ1) is 20.3. The van der Waals surface area contributed by atoms with Crippen molar-refractivity contribution in [1.82, 2.24) is 5.32 Å². The second-order valence-electron chi connectivity index (χ2n) is 6.98. The standard InChI is InChI=1S/C24H23FN2O2/c1-16-3-4-17(2)22(15-16)27-24(29)20-9-7-19(8-10-20)23(28)26-14-13-18-5-11-21(25)12-6-18/h3-12,15H,13-14H2,1-2H3,(H,26,28)(H,27,29). The van der Waals surface area contributed by atoms with Crippen molar-refractivity contribution in [1.29, 1.82) is 0 Å². The van der Waals surface area contributed by atoms with Crippen LogP contribution in [0.25, 0.3) is 0 Å². The highest BCUT2D eigenvalue weighted by molar-refractivity contribution is 6.05. The fourth-order valence-electron chi connectivity index (χ4n) is 2.91. The molecule has 0 bridgehead atoms. The third kappa shape index (κ3) is 5.51. The molecule has 0 saturated carbocycles. The van der Waals surface area contributed by atoms with Crippen LogP contribution in [0, 0.1) is 19.7 Å². The number of benzene rings is 3. The Balaban J connectivity index is 1.55. The summed E-state index contributed by atoms with van der Waals surface area (Å²) in [4.78, 5) is 24.7. The van der Waals surface area contributed by atoms with Crippen molar-refractivity contribution < 1.29 is 14.0 Å². The Hall–Kier alpha value is -3.47. The molecule has 0 radical (unpaired) electrons. The van der Waals surface area contributed by atoms with E-state index >= 15 is 0 Å². The van der Waals surface area contributed by atoms with Gasteiger partial charge in [-0.25, -0.2) is 4.39 Å². The number of carbonyl (C=O) groups is 2. The van der Waals surface area contributed by atoms with Gasteiger partial charge in [0.1, 0.15) is 5.82 Å². The van der Waals surface area contributed by atoms with Crippen molar-refractivity contribution in [3.05, 3.63) is 100 Å². The summed E-state index contributed by atoms with van der Waals surface area (Å²) in [6.45, 7) is 4.35. The zero-order valence-corrected chi connectivity index (χ0v) is 16.5. The molecule has 3 aromatic rings. The number of aryl methyl sites for hydroxylation is 2. The molecule has 2 amide bonds. The molecule has 2 N–H and O–H groups in total. The zero-order valence-electron chi connectivity index (χ0n) is 16.5. The largest absolute Gasteiger partial charge is 0.352 e. The Morgan fingerprint density at radius 1 is 0.828 bits per heavy atom. The maximum atomic E-state index is 12.9. The van der Waals surface area contributed by atoms with Crippen LogP contribution in [0.15, 0.2) is 66.7 Å². The minimum atomic E-state index is -0.278. The summed E-state index contributed by atoms with van der Waals surface area (Å²) in [7, 11) is 0. The molecular formula is C24H23FN2O2. The van der Waals surface area contributed by atoms with Crippen LogP contribution in [0.3, 0.4) is 0 Å². The van der Waals surface area contributed by atoms with E-state index in [4.69, 9.17) is 0 Å². The minimum Gasteiger partial charge on any atom is -0.352 e. The average Bonchev–Trinajstić information content (AvgIpc) is 2.72. The normalized spacial score (nSPS) is 10.4. The predicted octanol–water partition coefficient (Wildman–Crippen LogP) is 4.67. The predicted molar refractivity (Wildman–Crippen MR) is 113 cm³/mol. The zero-order chi connectivity index (χ0) is 20.8. The van der Waals surface area contributed by atoms with Crippen LogP contribution in [0.1, 0.15) is 37.4 Å². The highest BCUT2D eigenvalue weighted by atomic mass is 19.1. The lowest BCUT2D eigenvalue weighted by Crippen LogP contribution is -2.25. The van der Waals surface area contributed by atoms with Gasteiger partial charge in [0.25, 0.3) is 11.8 Å². The smallest absolute Gasteiger partial charge is 0.255 e. The number of carbonyl (C=O) groups excluding carboxylic acids is 2. The summed E-state index contributed by atoms with van der Waals surface area (Å²) >= 11 is 0. The van der Waals surface area contributed by atoms with Gasteiger partial charge in [0.15, 0.2) is 0 Å². The van der Waals surface area contributed by atoms with Crippen LogP contribution < -0.4 is 10.6 Å². The Morgan fingerprint density at radius 3 is 2.10 bits per heavy atom. The van der Waals surface area contributed by atoms with Crippen molar-refractivity contribution in [3.63, 3.8) is 0 Å². The molecule has 0 heterocycles. The second kappa shape index (κ2) is 9.15. The Labute approximate surface area is 169 Å². The quantitative estimate of drug-likeness (QED) is 0.643. The van der Waals surface area contributed by atoms with E-state index in [0.717, 1.165) is 22.4 Å². The Kier molecular flexibility index (Phi) is 6.39. The average molecular weight is 390 g/mol. The van der Waals surface area contributed by atoms with E-state index in [1.54, 1.807) is 36.4 Å². The number of hydrogen-bond acceptors (Lipinski definition) is 2. The number of rotatable bonds is 6. The van der Waals surface area contributed by atoms with Crippen molar-refractivity contribution in [2.45, 2.75) is 20.3 Å². The molecule has 0 atom stereocenters. The van der Waals surface area contributed by atoms with E-state index in [-0.39, 0.29) is 17.6 Å². The molecule has 0 fully saturated rings. The van der Waals surface area contributed by atoms with Gasteiger partial charge in [0.05, 0.1) is 0 Å². The lowest BCUT2D eigenvalue weighted by molar-refractivity contribution is 0.0952. The molecule has 0 aliphatic heterocycles. The van der Waals surface area contributed by atoms with Crippen LogP contribution in [0.4, 0.5) is 10.1 Å². The molecule has 0 aliphatic carbocycles. The summed E-state index contributed by atoms with van der Waals surface area (Å²) < 4.78 is 12.9. The highest BCUT2D eigenvalue weighted by Crippen LogP contribution is 2.17. The van der Waals surface area contributed by atoms with Gasteiger partial charge in [0.2, 0.25) is 0 Å². The fraction of sp³-hybridized carbons (Fsp3) is 0.167. The molecule has 0 saturated heterocycles. The third-order valence-electron chi connectivity index (χ3n) is 4.66. The van der Waals surface area contributed by atoms with Crippen LogP contribution >= 0.6 is 0 Å². The van der Waals surface area contributed by atoms with Crippen LogP contribution in [0.2, 0.25) is 0 Å². The number of amides is 2. The van der Waals surface area contributed by atoms with Crippen molar-refractivity contribution in [2.24, 2.45) is 0 Å². The van der Waals surface area contributed by atoms with Crippen LogP contribution in [0.5, 0.6) is 0 Å². The molecular weight excluding hydrogens is 367 g/mol. The van der Waals surface area contributed by atoms with Gasteiger partial charge in [-0.2, -0.15) is 0 Å². The molecule has 0 spiro atoms. The highest BCUT2D eigenvalue weighted by Gasteiger charge is 2.10. The second-order valence-corrected chi connectivity index (χ2v) is 6.98. The van der Waals surface area contributed by atoms with Gasteiger partial charge in [-0.05, 0) is 79.4 Å². The van der Waals surface area contributed by atoms with E-state index in [2.05, 4.69) is 10.6 Å². The van der Waals surface area contributed by atoms with E-state index in [0.29, 0.717) is 24.1 Å². The van der Waals surface area contributed by atoms with Gasteiger partial charge < -0.3 is 10.6 Å². The van der Waals surface area contributed by atoms with Crippen molar-refractivity contribution in [3.8, 4) is 0 Å². The maximum absolute atomic E-state index is 12.9. The molecule has 4 nitrogen and oxygen atoms in total. The van der Waals surface area contributed by atoms with Crippen molar-refractivity contribution in [2.75, 3.05) is 11.9 Å². The van der Waals surface area contributed by atoms with Crippen molar-refractivity contribution >= 4 is 17.5 Å². The van der Waals surface area contributed by atoms with Crippen LogP contribution in [-0.2, 0) is 6.42 Å². The van der Waals surface area contributed by atoms with E-state index in [1.165, 1.54) is 12.1 Å². The van der Waals surface area contributed by atoms with E-state index < -0.39 is 0 Å². The van der Waals surface area contributed by atoms with Crippen LogP contribution in [-0.4, -0.2) is 18.4 Å². The molecule has 3 rings (SSSR count). The Bertz CT molecular complexity index is 1010. The van der Waals surface area contributed by atoms with Gasteiger partial charge in [-0.15, -0.1) is 0 Å². The number of halogens is 1. The van der Waals surface area contributed by atoms with E-state index in [1.807, 2.05) is 32.0 Å². The van der Waals surface area contributed by atoms with Gasteiger partial charge in [0, 0.05) is 23.4 Å². The fourth-order valence-corrected chi connectivity index (χ4v) is 2.91. The molecule has 29 heavy (non-hydrogen) atoms. The third-order valence-corrected chi connectivity index (χ3v) is 4.66. The molecule has 148 valence electrons. The summed E-state index contributed by atoms with van der Waals surface area (Å²) in [5, 5.41) is 5.74.